The van der Waals surface area contributed by atoms with Crippen molar-refractivity contribution in [1.29, 1.82) is 0 Å². The van der Waals surface area contributed by atoms with E-state index in [9.17, 15) is 18.0 Å². The maximum atomic E-state index is 12.4. The minimum absolute atomic E-state index is 0.0693. The highest BCUT2D eigenvalue weighted by molar-refractivity contribution is 5.99. The Bertz CT molecular complexity index is 919. The van der Waals surface area contributed by atoms with E-state index in [1.807, 2.05) is 19.1 Å². The van der Waals surface area contributed by atoms with Gasteiger partial charge in [-0.15, -0.1) is 0 Å². The van der Waals surface area contributed by atoms with Crippen LogP contribution in [0.2, 0.25) is 0 Å². The number of hydrogen-bond donors (Lipinski definition) is 2. The van der Waals surface area contributed by atoms with E-state index >= 15 is 0 Å². The van der Waals surface area contributed by atoms with Crippen LogP contribution in [0.1, 0.15) is 22.8 Å². The van der Waals surface area contributed by atoms with Crippen molar-refractivity contribution in [2.45, 2.75) is 19.5 Å². The second kappa shape index (κ2) is 7.48. The van der Waals surface area contributed by atoms with Crippen molar-refractivity contribution in [1.82, 2.24) is 10.1 Å². The van der Waals surface area contributed by atoms with Crippen molar-refractivity contribution < 1.29 is 22.5 Å². The van der Waals surface area contributed by atoms with E-state index in [1.165, 1.54) is 0 Å². The number of aryl methyl sites for hydroxylation is 1. The summed E-state index contributed by atoms with van der Waals surface area (Å²) in [4.78, 5) is 15.3. The van der Waals surface area contributed by atoms with Crippen molar-refractivity contribution in [3.05, 3.63) is 71.4 Å². The zero-order valence-corrected chi connectivity index (χ0v) is 14.2. The quantitative estimate of drug-likeness (QED) is 0.696. The minimum atomic E-state index is -4.66. The lowest BCUT2D eigenvalue weighted by molar-refractivity contribution is -0.159. The number of nitrogens with zero attached hydrogens (tertiary/aromatic N) is 2. The fraction of sp³-hybridized carbons (Fsp3) is 0.167. The highest BCUT2D eigenvalue weighted by Crippen LogP contribution is 2.27. The summed E-state index contributed by atoms with van der Waals surface area (Å²) in [7, 11) is 0. The predicted molar refractivity (Wildman–Crippen MR) is 92.4 cm³/mol. The molecule has 0 fully saturated rings. The third kappa shape index (κ3) is 5.06. The van der Waals surface area contributed by atoms with E-state index in [-0.39, 0.29) is 12.2 Å². The van der Waals surface area contributed by atoms with Gasteiger partial charge in [-0.05, 0) is 36.8 Å². The third-order valence-corrected chi connectivity index (χ3v) is 3.59. The molecule has 0 aliphatic heterocycles. The second-order valence-electron chi connectivity index (χ2n) is 5.83. The van der Waals surface area contributed by atoms with E-state index < -0.39 is 18.1 Å². The molecule has 9 heteroatoms. The molecule has 0 saturated heterocycles. The molecular weight excluding hydrogens is 361 g/mol. The van der Waals surface area contributed by atoms with E-state index in [1.54, 1.807) is 36.4 Å². The molecular formula is C18H15F3N4O2. The number of urea groups is 1. The molecule has 0 saturated carbocycles. The zero-order chi connectivity index (χ0) is 19.4. The molecule has 3 rings (SSSR count). The SMILES string of the molecule is Cc1ccc(NC(=O)Nc2ccc(Cc3noc(C(F)(F)F)n3)cc2)cc1. The maximum absolute atomic E-state index is 12.4. The number of amides is 2. The summed E-state index contributed by atoms with van der Waals surface area (Å²) < 4.78 is 41.5. The van der Waals surface area contributed by atoms with E-state index in [4.69, 9.17) is 0 Å². The van der Waals surface area contributed by atoms with Gasteiger partial charge in [-0.3, -0.25) is 0 Å². The van der Waals surface area contributed by atoms with Gasteiger partial charge in [0.25, 0.3) is 0 Å². The van der Waals surface area contributed by atoms with Gasteiger partial charge in [0.1, 0.15) is 0 Å². The molecule has 140 valence electrons. The first-order valence-corrected chi connectivity index (χ1v) is 7.93. The summed E-state index contributed by atoms with van der Waals surface area (Å²) in [5.74, 6) is -1.44. The maximum Gasteiger partial charge on any atom is 0.471 e. The van der Waals surface area contributed by atoms with Crippen LogP contribution in [0, 0.1) is 6.92 Å². The summed E-state index contributed by atoms with van der Waals surface area (Å²) in [6.45, 7) is 1.95. The van der Waals surface area contributed by atoms with Crippen LogP contribution in [0.15, 0.2) is 53.1 Å². The number of anilines is 2. The van der Waals surface area contributed by atoms with E-state index in [2.05, 4.69) is 25.3 Å². The summed E-state index contributed by atoms with van der Waals surface area (Å²) in [6, 6.07) is 13.5. The Morgan fingerprint density at radius 1 is 1.00 bits per heavy atom. The Labute approximate surface area is 152 Å². The Morgan fingerprint density at radius 3 is 2.07 bits per heavy atom. The first-order valence-electron chi connectivity index (χ1n) is 7.93. The molecule has 0 aliphatic carbocycles. The zero-order valence-electron chi connectivity index (χ0n) is 14.2. The summed E-state index contributed by atoms with van der Waals surface area (Å²) in [5, 5.41) is 8.69. The van der Waals surface area contributed by atoms with Gasteiger partial charge in [-0.2, -0.15) is 18.2 Å². The fourth-order valence-electron chi connectivity index (χ4n) is 2.26. The molecule has 0 bridgehead atoms. The summed E-state index contributed by atoms with van der Waals surface area (Å²) >= 11 is 0. The molecule has 0 aliphatic rings. The number of carbonyl (C=O) groups excluding carboxylic acids is 1. The smallest absolute Gasteiger partial charge is 0.329 e. The fourth-order valence-corrected chi connectivity index (χ4v) is 2.26. The van der Waals surface area contributed by atoms with Gasteiger partial charge >= 0.3 is 18.1 Å². The van der Waals surface area contributed by atoms with E-state index in [0.717, 1.165) is 5.56 Å². The van der Waals surface area contributed by atoms with Gasteiger partial charge in [0.2, 0.25) is 0 Å². The van der Waals surface area contributed by atoms with Crippen LogP contribution in [-0.4, -0.2) is 16.2 Å². The van der Waals surface area contributed by atoms with Crippen LogP contribution >= 0.6 is 0 Å². The predicted octanol–water partition coefficient (Wildman–Crippen LogP) is 4.63. The molecule has 2 N–H and O–H groups in total. The Hall–Kier alpha value is -3.36. The first-order chi connectivity index (χ1) is 12.8. The number of halogens is 3. The monoisotopic (exact) mass is 376 g/mol. The van der Waals surface area contributed by atoms with Crippen molar-refractivity contribution in [2.75, 3.05) is 10.6 Å². The summed E-state index contributed by atoms with van der Waals surface area (Å²) in [5.41, 5.74) is 2.95. The second-order valence-corrected chi connectivity index (χ2v) is 5.83. The molecule has 1 heterocycles. The number of hydrogen-bond acceptors (Lipinski definition) is 4. The number of aromatic nitrogens is 2. The van der Waals surface area contributed by atoms with Crippen molar-refractivity contribution >= 4 is 17.4 Å². The number of nitrogens with one attached hydrogen (secondary N) is 2. The van der Waals surface area contributed by atoms with Gasteiger partial charge in [0.05, 0.1) is 0 Å². The standard InChI is InChI=1S/C18H15F3N4O2/c1-11-2-6-13(7-3-11)22-17(26)23-14-8-4-12(5-9-14)10-15-24-16(27-25-15)18(19,20)21/h2-9H,10H2,1H3,(H2,22,23,26). The average molecular weight is 376 g/mol. The van der Waals surface area contributed by atoms with Gasteiger partial charge in [-0.25, -0.2) is 4.79 Å². The van der Waals surface area contributed by atoms with Gasteiger partial charge in [0.15, 0.2) is 5.82 Å². The summed E-state index contributed by atoms with van der Waals surface area (Å²) in [6.07, 6.45) is -4.58. The molecule has 6 nitrogen and oxygen atoms in total. The topological polar surface area (TPSA) is 80.0 Å². The Balaban J connectivity index is 1.57. The number of rotatable bonds is 4. The van der Waals surface area contributed by atoms with Crippen LogP contribution in [0.5, 0.6) is 0 Å². The molecule has 2 amide bonds. The molecule has 0 radical (unpaired) electrons. The Morgan fingerprint density at radius 2 is 1.56 bits per heavy atom. The van der Waals surface area contributed by atoms with Crippen molar-refractivity contribution in [3.63, 3.8) is 0 Å². The molecule has 0 unspecified atom stereocenters. The van der Waals surface area contributed by atoms with Crippen LogP contribution in [0.25, 0.3) is 0 Å². The van der Waals surface area contributed by atoms with Crippen molar-refractivity contribution in [3.8, 4) is 0 Å². The lowest BCUT2D eigenvalue weighted by atomic mass is 10.1. The average Bonchev–Trinajstić information content (AvgIpc) is 3.08. The molecule has 0 spiro atoms. The van der Waals surface area contributed by atoms with E-state index in [0.29, 0.717) is 16.9 Å². The van der Waals surface area contributed by atoms with Crippen LogP contribution in [0.3, 0.4) is 0 Å². The highest BCUT2D eigenvalue weighted by Gasteiger charge is 2.38. The van der Waals surface area contributed by atoms with Gasteiger partial charge < -0.3 is 15.2 Å². The molecule has 0 atom stereocenters. The normalized spacial score (nSPS) is 11.3. The largest absolute Gasteiger partial charge is 0.471 e. The highest BCUT2D eigenvalue weighted by atomic mass is 19.4. The first kappa shape index (κ1) is 18.4. The van der Waals surface area contributed by atoms with Gasteiger partial charge in [-0.1, -0.05) is 35.0 Å². The van der Waals surface area contributed by atoms with Crippen LogP contribution < -0.4 is 10.6 Å². The molecule has 1 aromatic heterocycles. The molecule has 2 aromatic carbocycles. The Kier molecular flexibility index (Phi) is 5.11. The van der Waals surface area contributed by atoms with Gasteiger partial charge in [0, 0.05) is 17.8 Å². The number of benzene rings is 2. The van der Waals surface area contributed by atoms with Crippen LogP contribution in [0.4, 0.5) is 29.3 Å². The number of alkyl halides is 3. The molecule has 3 aromatic rings. The lowest BCUT2D eigenvalue weighted by Gasteiger charge is -2.08. The third-order valence-electron chi connectivity index (χ3n) is 3.59. The van der Waals surface area contributed by atoms with Crippen LogP contribution in [-0.2, 0) is 12.6 Å². The minimum Gasteiger partial charge on any atom is -0.329 e. The van der Waals surface area contributed by atoms with Crippen molar-refractivity contribution in [2.24, 2.45) is 0 Å². The number of carbonyl (C=O) groups is 1. The lowest BCUT2D eigenvalue weighted by Crippen LogP contribution is -2.19. The molecule has 27 heavy (non-hydrogen) atoms.